The van der Waals surface area contributed by atoms with Crippen LogP contribution in [0.1, 0.15) is 13.3 Å². The van der Waals surface area contributed by atoms with E-state index >= 15 is 0 Å². The number of anilines is 1. The summed E-state index contributed by atoms with van der Waals surface area (Å²) in [5.41, 5.74) is 0.962. The summed E-state index contributed by atoms with van der Waals surface area (Å²) in [5.74, 6) is 1.92. The molecular formula is C18H20N4O2S. The van der Waals surface area contributed by atoms with Crippen LogP contribution >= 0.6 is 11.3 Å². The molecule has 2 aromatic heterocycles. The highest BCUT2D eigenvalue weighted by molar-refractivity contribution is 7.22. The molecule has 6 nitrogen and oxygen atoms in total. The number of fused-ring (bicyclic) bond motifs is 1. The van der Waals surface area contributed by atoms with Gasteiger partial charge in [-0.15, -0.1) is 0 Å². The van der Waals surface area contributed by atoms with Gasteiger partial charge in [0.25, 0.3) is 0 Å². The number of hydrogen-bond donors (Lipinski definition) is 0. The monoisotopic (exact) mass is 356 g/mol. The van der Waals surface area contributed by atoms with E-state index in [1.807, 2.05) is 19.1 Å². The average molecular weight is 356 g/mol. The van der Waals surface area contributed by atoms with Gasteiger partial charge in [-0.1, -0.05) is 17.4 Å². The first kappa shape index (κ1) is 16.1. The lowest BCUT2D eigenvalue weighted by atomic mass is 10.1. The molecule has 1 aliphatic rings. The van der Waals surface area contributed by atoms with Crippen LogP contribution in [-0.2, 0) is 0 Å². The molecule has 1 aliphatic heterocycles. The number of aromatic nitrogens is 3. The predicted molar refractivity (Wildman–Crippen MR) is 98.6 cm³/mol. The average Bonchev–Trinajstić information content (AvgIpc) is 3.28. The van der Waals surface area contributed by atoms with Crippen molar-refractivity contribution in [2.75, 3.05) is 31.2 Å². The largest absolute Gasteiger partial charge is 0.492 e. The van der Waals surface area contributed by atoms with Crippen LogP contribution in [0.25, 0.3) is 10.2 Å². The Balaban J connectivity index is 1.43. The molecule has 130 valence electrons. The molecule has 25 heavy (non-hydrogen) atoms. The number of para-hydroxylation sites is 1. The normalized spacial score (nSPS) is 17.2. The van der Waals surface area contributed by atoms with Crippen LogP contribution in [0, 0.1) is 5.92 Å². The van der Waals surface area contributed by atoms with E-state index in [0.717, 1.165) is 35.9 Å². The lowest BCUT2D eigenvalue weighted by Crippen LogP contribution is -2.21. The summed E-state index contributed by atoms with van der Waals surface area (Å²) in [6.07, 6.45) is 6.03. The molecule has 1 saturated heterocycles. The van der Waals surface area contributed by atoms with Crippen molar-refractivity contribution in [2.45, 2.75) is 13.3 Å². The van der Waals surface area contributed by atoms with E-state index in [1.165, 1.54) is 4.70 Å². The van der Waals surface area contributed by atoms with Crippen LogP contribution in [0.5, 0.6) is 11.6 Å². The molecule has 0 bridgehead atoms. The van der Waals surface area contributed by atoms with Gasteiger partial charge in [-0.25, -0.2) is 9.97 Å². The topological polar surface area (TPSA) is 60.4 Å². The number of ether oxygens (including phenoxy) is 2. The van der Waals surface area contributed by atoms with Crippen LogP contribution in [0.4, 0.5) is 5.13 Å². The van der Waals surface area contributed by atoms with Gasteiger partial charge in [0.1, 0.15) is 11.3 Å². The molecule has 0 N–H and O–H groups in total. The minimum absolute atomic E-state index is 0.473. The molecule has 0 aliphatic carbocycles. The molecule has 0 spiro atoms. The first-order valence-corrected chi connectivity index (χ1v) is 9.31. The zero-order valence-corrected chi connectivity index (χ0v) is 14.9. The molecule has 3 aromatic rings. The molecule has 1 fully saturated rings. The Kier molecular flexibility index (Phi) is 4.65. The zero-order chi connectivity index (χ0) is 17.1. The summed E-state index contributed by atoms with van der Waals surface area (Å²) in [5, 5.41) is 1.06. The quantitative estimate of drug-likeness (QED) is 0.675. The first-order chi connectivity index (χ1) is 12.3. The molecule has 1 atom stereocenters. The van der Waals surface area contributed by atoms with E-state index in [2.05, 4.69) is 20.9 Å². The first-order valence-electron chi connectivity index (χ1n) is 8.49. The highest BCUT2D eigenvalue weighted by Gasteiger charge is 2.26. The van der Waals surface area contributed by atoms with Crippen LogP contribution < -0.4 is 14.4 Å². The third kappa shape index (κ3) is 3.51. The third-order valence-electron chi connectivity index (χ3n) is 4.23. The molecule has 0 saturated carbocycles. The van der Waals surface area contributed by atoms with Gasteiger partial charge in [0.2, 0.25) is 5.88 Å². The molecule has 0 radical (unpaired) electrons. The number of benzene rings is 1. The molecule has 1 aromatic carbocycles. The van der Waals surface area contributed by atoms with Gasteiger partial charge in [0.15, 0.2) is 5.13 Å². The van der Waals surface area contributed by atoms with E-state index in [-0.39, 0.29) is 0 Å². The predicted octanol–water partition coefficient (Wildman–Crippen LogP) is 3.39. The standard InChI is InChI=1S/C18H20N4O2S/c1-2-23-14-4-3-5-15-17(14)21-18(25-15)22-9-6-13(11-22)12-24-16-10-19-7-8-20-16/h3-5,7-8,10,13H,2,6,9,11-12H2,1H3. The Hall–Kier alpha value is -2.41. The maximum absolute atomic E-state index is 5.75. The van der Waals surface area contributed by atoms with Crippen LogP contribution in [-0.4, -0.2) is 41.3 Å². The lowest BCUT2D eigenvalue weighted by Gasteiger charge is -2.15. The van der Waals surface area contributed by atoms with Crippen LogP contribution in [0.2, 0.25) is 0 Å². The van der Waals surface area contributed by atoms with Gasteiger partial charge in [-0.3, -0.25) is 4.98 Å². The third-order valence-corrected chi connectivity index (χ3v) is 5.31. The summed E-state index contributed by atoms with van der Waals surface area (Å²) in [6, 6.07) is 6.11. The SMILES string of the molecule is CCOc1cccc2sc(N3CCC(COc4cnccn4)C3)nc12. The van der Waals surface area contributed by atoms with E-state index < -0.39 is 0 Å². The second kappa shape index (κ2) is 7.23. The van der Waals surface area contributed by atoms with Gasteiger partial charge in [0, 0.05) is 31.4 Å². The number of rotatable bonds is 6. The summed E-state index contributed by atoms with van der Waals surface area (Å²) >= 11 is 1.72. The number of hydrogen-bond acceptors (Lipinski definition) is 7. The fraction of sp³-hybridized carbons (Fsp3) is 0.389. The van der Waals surface area contributed by atoms with E-state index in [0.29, 0.717) is 25.0 Å². The van der Waals surface area contributed by atoms with Crippen molar-refractivity contribution in [3.8, 4) is 11.6 Å². The van der Waals surface area contributed by atoms with Crippen molar-refractivity contribution >= 4 is 26.7 Å². The lowest BCUT2D eigenvalue weighted by molar-refractivity contribution is 0.251. The maximum Gasteiger partial charge on any atom is 0.232 e. The summed E-state index contributed by atoms with van der Waals surface area (Å²) < 4.78 is 12.6. The maximum atomic E-state index is 5.75. The smallest absolute Gasteiger partial charge is 0.232 e. The Labute approximate surface area is 150 Å². The van der Waals surface area contributed by atoms with E-state index in [9.17, 15) is 0 Å². The second-order valence-electron chi connectivity index (χ2n) is 5.99. The Morgan fingerprint density at radius 1 is 1.28 bits per heavy atom. The summed E-state index contributed by atoms with van der Waals surface area (Å²) in [4.78, 5) is 15.3. The molecule has 7 heteroatoms. The van der Waals surface area contributed by atoms with Crippen LogP contribution in [0.15, 0.2) is 36.8 Å². The van der Waals surface area contributed by atoms with Crippen molar-refractivity contribution in [1.82, 2.24) is 15.0 Å². The van der Waals surface area contributed by atoms with Gasteiger partial charge < -0.3 is 14.4 Å². The molecule has 3 heterocycles. The van der Waals surface area contributed by atoms with Crippen molar-refractivity contribution < 1.29 is 9.47 Å². The molecule has 1 unspecified atom stereocenters. The van der Waals surface area contributed by atoms with Crippen LogP contribution in [0.3, 0.4) is 0 Å². The summed E-state index contributed by atoms with van der Waals surface area (Å²) in [7, 11) is 0. The van der Waals surface area contributed by atoms with Crippen molar-refractivity contribution in [3.63, 3.8) is 0 Å². The van der Waals surface area contributed by atoms with Crippen molar-refractivity contribution in [3.05, 3.63) is 36.8 Å². The highest BCUT2D eigenvalue weighted by Crippen LogP contribution is 2.36. The second-order valence-corrected chi connectivity index (χ2v) is 7.00. The molecular weight excluding hydrogens is 336 g/mol. The fourth-order valence-corrected chi connectivity index (χ4v) is 4.04. The molecule has 4 rings (SSSR count). The van der Waals surface area contributed by atoms with Gasteiger partial charge in [-0.2, -0.15) is 0 Å². The molecule has 0 amide bonds. The van der Waals surface area contributed by atoms with E-state index in [4.69, 9.17) is 14.5 Å². The number of nitrogens with zero attached hydrogens (tertiary/aromatic N) is 4. The fourth-order valence-electron chi connectivity index (χ4n) is 3.02. The zero-order valence-electron chi connectivity index (χ0n) is 14.1. The minimum Gasteiger partial charge on any atom is -0.492 e. The number of thiazole rings is 1. The van der Waals surface area contributed by atoms with Gasteiger partial charge >= 0.3 is 0 Å². The van der Waals surface area contributed by atoms with Gasteiger partial charge in [0.05, 0.1) is 24.1 Å². The minimum atomic E-state index is 0.473. The summed E-state index contributed by atoms with van der Waals surface area (Å²) in [6.45, 7) is 5.25. The van der Waals surface area contributed by atoms with Gasteiger partial charge in [-0.05, 0) is 25.5 Å². The Morgan fingerprint density at radius 3 is 3.08 bits per heavy atom. The highest BCUT2D eigenvalue weighted by atomic mass is 32.1. The Morgan fingerprint density at radius 2 is 2.24 bits per heavy atom. The van der Waals surface area contributed by atoms with E-state index in [1.54, 1.807) is 29.9 Å². The Bertz CT molecular complexity index is 839. The van der Waals surface area contributed by atoms with Crippen molar-refractivity contribution in [2.24, 2.45) is 5.92 Å². The van der Waals surface area contributed by atoms with Crippen molar-refractivity contribution in [1.29, 1.82) is 0 Å².